The molecule has 5 heteroatoms. The van der Waals surface area contributed by atoms with Gasteiger partial charge in [0, 0.05) is 37.9 Å². The summed E-state index contributed by atoms with van der Waals surface area (Å²) in [5.74, 6) is 0.0864. The Balaban J connectivity index is 1.78. The molecule has 5 nitrogen and oxygen atoms in total. The van der Waals surface area contributed by atoms with Crippen molar-refractivity contribution in [3.8, 4) is 0 Å². The Kier molecular flexibility index (Phi) is 3.44. The maximum absolute atomic E-state index is 12.4. The molecule has 106 valence electrons. The number of rotatable bonds is 2. The van der Waals surface area contributed by atoms with Crippen molar-refractivity contribution in [2.75, 3.05) is 25.5 Å². The zero-order valence-corrected chi connectivity index (χ0v) is 11.5. The van der Waals surface area contributed by atoms with Gasteiger partial charge in [0.05, 0.1) is 6.10 Å². The van der Waals surface area contributed by atoms with E-state index in [1.807, 2.05) is 17.0 Å². The van der Waals surface area contributed by atoms with Gasteiger partial charge in [-0.1, -0.05) is 0 Å². The number of likely N-dealkylation sites (tertiary alicyclic amines) is 1. The maximum atomic E-state index is 12.4. The van der Waals surface area contributed by atoms with Crippen LogP contribution in [0.5, 0.6) is 0 Å². The zero-order valence-electron chi connectivity index (χ0n) is 11.5. The van der Waals surface area contributed by atoms with Gasteiger partial charge >= 0.3 is 0 Å². The molecule has 0 aliphatic carbocycles. The summed E-state index contributed by atoms with van der Waals surface area (Å²) in [4.78, 5) is 25.6. The summed E-state index contributed by atoms with van der Waals surface area (Å²) in [5, 5.41) is 2.83. The van der Waals surface area contributed by atoms with Crippen LogP contribution < -0.4 is 5.32 Å². The predicted molar refractivity (Wildman–Crippen MR) is 74.7 cm³/mol. The van der Waals surface area contributed by atoms with Gasteiger partial charge in [-0.15, -0.1) is 0 Å². The summed E-state index contributed by atoms with van der Waals surface area (Å²) in [6, 6.07) is 5.51. The van der Waals surface area contributed by atoms with E-state index in [1.54, 1.807) is 13.2 Å². The number of amides is 2. The summed E-state index contributed by atoms with van der Waals surface area (Å²) >= 11 is 0. The number of hydrogen-bond acceptors (Lipinski definition) is 3. The number of ether oxygens (including phenoxy) is 1. The van der Waals surface area contributed by atoms with Crippen molar-refractivity contribution in [2.24, 2.45) is 0 Å². The number of nitrogens with zero attached hydrogens (tertiary/aromatic N) is 1. The second kappa shape index (κ2) is 5.25. The smallest absolute Gasteiger partial charge is 0.253 e. The van der Waals surface area contributed by atoms with Crippen LogP contribution in [-0.4, -0.2) is 43.0 Å². The molecule has 1 atom stereocenters. The van der Waals surface area contributed by atoms with E-state index in [0.29, 0.717) is 24.9 Å². The molecule has 2 aliphatic heterocycles. The molecule has 0 radical (unpaired) electrons. The maximum Gasteiger partial charge on any atom is 0.253 e. The normalized spacial score (nSPS) is 21.6. The molecule has 3 rings (SSSR count). The molecule has 0 saturated carbocycles. The number of fused-ring (bicyclic) bond motifs is 1. The highest BCUT2D eigenvalue weighted by atomic mass is 16.5. The molecule has 20 heavy (non-hydrogen) atoms. The lowest BCUT2D eigenvalue weighted by Crippen LogP contribution is -2.30. The lowest BCUT2D eigenvalue weighted by atomic mass is 10.00. The standard InChI is InChI=1S/C15H18N2O3/c1-20-12-6-7-17(9-12)15(19)11-2-4-13-10(8-11)3-5-14(18)16-13/h2,4,8,12H,3,5-7,9H2,1H3,(H,16,18). The van der Waals surface area contributed by atoms with E-state index in [1.165, 1.54) is 0 Å². The van der Waals surface area contributed by atoms with Gasteiger partial charge in [-0.3, -0.25) is 9.59 Å². The van der Waals surface area contributed by atoms with Crippen molar-refractivity contribution < 1.29 is 14.3 Å². The van der Waals surface area contributed by atoms with E-state index < -0.39 is 0 Å². The monoisotopic (exact) mass is 274 g/mol. The fraction of sp³-hybridized carbons (Fsp3) is 0.467. The Morgan fingerprint density at radius 1 is 1.40 bits per heavy atom. The van der Waals surface area contributed by atoms with Crippen LogP contribution >= 0.6 is 0 Å². The van der Waals surface area contributed by atoms with Gasteiger partial charge < -0.3 is 15.0 Å². The van der Waals surface area contributed by atoms with Crippen molar-refractivity contribution in [3.05, 3.63) is 29.3 Å². The average molecular weight is 274 g/mol. The summed E-state index contributed by atoms with van der Waals surface area (Å²) in [7, 11) is 1.68. The van der Waals surface area contributed by atoms with Crippen molar-refractivity contribution >= 4 is 17.5 Å². The van der Waals surface area contributed by atoms with E-state index in [2.05, 4.69) is 5.32 Å². The molecule has 0 spiro atoms. The highest BCUT2D eigenvalue weighted by Crippen LogP contribution is 2.25. The second-order valence-corrected chi connectivity index (χ2v) is 5.32. The Morgan fingerprint density at radius 3 is 3.00 bits per heavy atom. The minimum atomic E-state index is 0.0408. The lowest BCUT2D eigenvalue weighted by molar-refractivity contribution is -0.116. The first-order valence-corrected chi connectivity index (χ1v) is 6.92. The molecule has 1 N–H and O–H groups in total. The van der Waals surface area contributed by atoms with Crippen LogP contribution in [-0.2, 0) is 16.0 Å². The largest absolute Gasteiger partial charge is 0.380 e. The van der Waals surface area contributed by atoms with Crippen LogP contribution in [0.15, 0.2) is 18.2 Å². The van der Waals surface area contributed by atoms with Crippen LogP contribution in [0, 0.1) is 0 Å². The molecular formula is C15H18N2O3. The number of aryl methyl sites for hydroxylation is 1. The highest BCUT2D eigenvalue weighted by molar-refractivity contribution is 5.98. The molecule has 1 unspecified atom stereocenters. The molecule has 1 aromatic carbocycles. The number of methoxy groups -OCH3 is 1. The van der Waals surface area contributed by atoms with Crippen LogP contribution in [0.1, 0.15) is 28.8 Å². The second-order valence-electron chi connectivity index (χ2n) is 5.32. The minimum Gasteiger partial charge on any atom is -0.380 e. The first-order valence-electron chi connectivity index (χ1n) is 6.92. The van der Waals surface area contributed by atoms with Gasteiger partial charge in [0.2, 0.25) is 5.91 Å². The molecule has 2 heterocycles. The summed E-state index contributed by atoms with van der Waals surface area (Å²) in [6.07, 6.45) is 2.22. The fourth-order valence-electron chi connectivity index (χ4n) is 2.80. The van der Waals surface area contributed by atoms with Gasteiger partial charge in [-0.2, -0.15) is 0 Å². The van der Waals surface area contributed by atoms with Crippen molar-refractivity contribution in [1.29, 1.82) is 0 Å². The highest BCUT2D eigenvalue weighted by Gasteiger charge is 2.27. The quantitative estimate of drug-likeness (QED) is 0.887. The first kappa shape index (κ1) is 13.1. The van der Waals surface area contributed by atoms with Crippen molar-refractivity contribution in [3.63, 3.8) is 0 Å². The third-order valence-electron chi connectivity index (χ3n) is 4.01. The van der Waals surface area contributed by atoms with E-state index in [9.17, 15) is 9.59 Å². The lowest BCUT2D eigenvalue weighted by Gasteiger charge is -2.20. The Labute approximate surface area is 117 Å². The number of hydrogen-bond donors (Lipinski definition) is 1. The number of benzene rings is 1. The van der Waals surface area contributed by atoms with E-state index in [-0.39, 0.29) is 17.9 Å². The van der Waals surface area contributed by atoms with Crippen molar-refractivity contribution in [1.82, 2.24) is 4.90 Å². The van der Waals surface area contributed by atoms with E-state index >= 15 is 0 Å². The summed E-state index contributed by atoms with van der Waals surface area (Å²) < 4.78 is 5.29. The number of anilines is 1. The van der Waals surface area contributed by atoms with Gasteiger partial charge in [0.25, 0.3) is 5.91 Å². The topological polar surface area (TPSA) is 58.6 Å². The summed E-state index contributed by atoms with van der Waals surface area (Å²) in [6.45, 7) is 1.40. The first-order chi connectivity index (χ1) is 9.67. The molecule has 1 fully saturated rings. The minimum absolute atomic E-state index is 0.0408. The van der Waals surface area contributed by atoms with Gasteiger partial charge in [-0.05, 0) is 36.6 Å². The number of carbonyl (C=O) groups is 2. The Bertz CT molecular complexity index is 556. The Hall–Kier alpha value is -1.88. The van der Waals surface area contributed by atoms with E-state index in [4.69, 9.17) is 4.74 Å². The van der Waals surface area contributed by atoms with Crippen molar-refractivity contribution in [2.45, 2.75) is 25.4 Å². The third kappa shape index (κ3) is 2.41. The van der Waals surface area contributed by atoms with Crippen LogP contribution in [0.3, 0.4) is 0 Å². The van der Waals surface area contributed by atoms with Crippen LogP contribution in [0.2, 0.25) is 0 Å². The number of nitrogens with one attached hydrogen (secondary N) is 1. The Morgan fingerprint density at radius 2 is 2.25 bits per heavy atom. The molecule has 0 bridgehead atoms. The van der Waals surface area contributed by atoms with Gasteiger partial charge in [0.1, 0.15) is 0 Å². The SMILES string of the molecule is COC1CCN(C(=O)c2ccc3c(c2)CCC(=O)N3)C1. The third-order valence-corrected chi connectivity index (χ3v) is 4.01. The molecule has 1 aromatic rings. The molecule has 2 aliphatic rings. The number of carbonyl (C=O) groups excluding carboxylic acids is 2. The molecule has 0 aromatic heterocycles. The van der Waals surface area contributed by atoms with E-state index in [0.717, 1.165) is 24.2 Å². The molecule has 2 amide bonds. The average Bonchev–Trinajstić information content (AvgIpc) is 2.95. The zero-order chi connectivity index (χ0) is 14.1. The summed E-state index contributed by atoms with van der Waals surface area (Å²) in [5.41, 5.74) is 2.56. The van der Waals surface area contributed by atoms with Crippen LogP contribution in [0.4, 0.5) is 5.69 Å². The molecular weight excluding hydrogens is 256 g/mol. The molecule has 1 saturated heterocycles. The van der Waals surface area contributed by atoms with Gasteiger partial charge in [-0.25, -0.2) is 0 Å². The van der Waals surface area contributed by atoms with Crippen LogP contribution in [0.25, 0.3) is 0 Å². The van der Waals surface area contributed by atoms with Gasteiger partial charge in [0.15, 0.2) is 0 Å². The predicted octanol–water partition coefficient (Wildman–Crippen LogP) is 1.43. The fourth-order valence-corrected chi connectivity index (χ4v) is 2.80.